The number of carbonyl (C=O) groups excluding carboxylic acids is 3. The number of aliphatic hydroxyl groups is 1. The fraction of sp³-hybridized carbons (Fsp3) is 0.120. The average Bonchev–Trinajstić information content (AvgIpc) is 3.09. The molecular weight excluding hydrogens is 424 g/mol. The van der Waals surface area contributed by atoms with Crippen LogP contribution < -0.4 is 14.4 Å². The standard InChI is InChI=1S/C25H20N2O6/c1-15(28)33-20-8-3-5-17(13-20)22-21(23(29)16-9-11-26-12-10-16)24(30)25(31)27(22)18-6-4-7-19(14-18)32-2/h3-14,22,29H,1-2H3/b23-21+. The number of carbonyl (C=O) groups is 3. The van der Waals surface area contributed by atoms with Gasteiger partial charge in [0.15, 0.2) is 0 Å². The van der Waals surface area contributed by atoms with E-state index in [0.717, 1.165) is 0 Å². The molecule has 0 saturated carbocycles. The summed E-state index contributed by atoms with van der Waals surface area (Å²) in [6.45, 7) is 1.28. The van der Waals surface area contributed by atoms with Gasteiger partial charge in [-0.3, -0.25) is 24.3 Å². The number of ketones is 1. The van der Waals surface area contributed by atoms with Crippen LogP contribution in [0.1, 0.15) is 24.1 Å². The lowest BCUT2D eigenvalue weighted by atomic mass is 9.95. The molecule has 0 spiro atoms. The molecule has 1 fully saturated rings. The normalized spacial score (nSPS) is 17.2. The van der Waals surface area contributed by atoms with E-state index in [0.29, 0.717) is 22.6 Å². The number of aliphatic hydroxyl groups excluding tert-OH is 1. The van der Waals surface area contributed by atoms with Crippen molar-refractivity contribution in [3.05, 3.63) is 89.8 Å². The molecule has 1 saturated heterocycles. The monoisotopic (exact) mass is 444 g/mol. The number of hydrogen-bond acceptors (Lipinski definition) is 7. The Hall–Kier alpha value is -4.46. The van der Waals surface area contributed by atoms with Crippen molar-refractivity contribution in [2.24, 2.45) is 0 Å². The topological polar surface area (TPSA) is 106 Å². The molecule has 1 atom stereocenters. The van der Waals surface area contributed by atoms with Gasteiger partial charge in [0.05, 0.1) is 18.7 Å². The van der Waals surface area contributed by atoms with E-state index in [9.17, 15) is 19.5 Å². The summed E-state index contributed by atoms with van der Waals surface area (Å²) in [6, 6.07) is 15.3. The van der Waals surface area contributed by atoms with Gasteiger partial charge in [-0.2, -0.15) is 0 Å². The SMILES string of the molecule is COc1cccc(N2C(=O)C(=O)/C(=C(/O)c3ccncc3)C2c2cccc(OC(C)=O)c2)c1. The number of pyridine rings is 1. The molecule has 1 aliphatic rings. The predicted molar refractivity (Wildman–Crippen MR) is 120 cm³/mol. The summed E-state index contributed by atoms with van der Waals surface area (Å²) in [5, 5.41) is 11.1. The van der Waals surface area contributed by atoms with Crippen LogP contribution in [0.15, 0.2) is 78.6 Å². The fourth-order valence-electron chi connectivity index (χ4n) is 3.75. The first-order valence-electron chi connectivity index (χ1n) is 10.0. The summed E-state index contributed by atoms with van der Waals surface area (Å²) in [6.07, 6.45) is 2.95. The lowest BCUT2D eigenvalue weighted by molar-refractivity contribution is -0.132. The zero-order valence-electron chi connectivity index (χ0n) is 17.9. The van der Waals surface area contributed by atoms with E-state index in [1.54, 1.807) is 60.7 Å². The number of rotatable bonds is 5. The minimum absolute atomic E-state index is 0.0889. The summed E-state index contributed by atoms with van der Waals surface area (Å²) in [7, 11) is 1.50. The Balaban J connectivity index is 1.94. The van der Waals surface area contributed by atoms with Crippen molar-refractivity contribution >= 4 is 29.1 Å². The lowest BCUT2D eigenvalue weighted by Gasteiger charge is -2.26. The summed E-state index contributed by atoms with van der Waals surface area (Å²) in [4.78, 5) is 43.0. The van der Waals surface area contributed by atoms with Gasteiger partial charge in [-0.1, -0.05) is 18.2 Å². The van der Waals surface area contributed by atoms with Crippen LogP contribution in [-0.4, -0.2) is 34.9 Å². The molecule has 4 rings (SSSR count). The van der Waals surface area contributed by atoms with Gasteiger partial charge in [0.2, 0.25) is 0 Å². The van der Waals surface area contributed by atoms with Crippen LogP contribution in [0.3, 0.4) is 0 Å². The average molecular weight is 444 g/mol. The number of ether oxygens (including phenoxy) is 2. The number of methoxy groups -OCH3 is 1. The van der Waals surface area contributed by atoms with Crippen LogP contribution in [0.25, 0.3) is 5.76 Å². The molecule has 3 aromatic rings. The van der Waals surface area contributed by atoms with Gasteiger partial charge in [0.1, 0.15) is 17.3 Å². The number of aromatic nitrogens is 1. The molecule has 0 radical (unpaired) electrons. The smallest absolute Gasteiger partial charge is 0.308 e. The molecule has 8 heteroatoms. The van der Waals surface area contributed by atoms with Gasteiger partial charge < -0.3 is 14.6 Å². The molecule has 166 valence electrons. The Morgan fingerprint density at radius 2 is 1.70 bits per heavy atom. The van der Waals surface area contributed by atoms with E-state index < -0.39 is 23.7 Å². The molecule has 1 aromatic heterocycles. The number of nitrogens with zero attached hydrogens (tertiary/aromatic N) is 2. The molecule has 1 N–H and O–H groups in total. The number of anilines is 1. The Bertz CT molecular complexity index is 1270. The van der Waals surface area contributed by atoms with Crippen LogP contribution in [0.4, 0.5) is 5.69 Å². The molecule has 0 bridgehead atoms. The van der Waals surface area contributed by atoms with Crippen molar-refractivity contribution in [1.29, 1.82) is 0 Å². The maximum Gasteiger partial charge on any atom is 0.308 e. The Kier molecular flexibility index (Phi) is 5.91. The Labute approximate surface area is 189 Å². The zero-order chi connectivity index (χ0) is 23.5. The van der Waals surface area contributed by atoms with E-state index in [-0.39, 0.29) is 17.1 Å². The number of Topliss-reactive ketones (excluding diaryl/α,β-unsaturated/α-hetero) is 1. The maximum absolute atomic E-state index is 13.2. The highest BCUT2D eigenvalue weighted by Gasteiger charge is 2.47. The summed E-state index contributed by atoms with van der Waals surface area (Å²) in [5.74, 6) is -1.73. The van der Waals surface area contributed by atoms with Crippen molar-refractivity contribution in [2.45, 2.75) is 13.0 Å². The van der Waals surface area contributed by atoms with E-state index in [4.69, 9.17) is 9.47 Å². The molecule has 1 unspecified atom stereocenters. The van der Waals surface area contributed by atoms with Crippen molar-refractivity contribution < 1.29 is 29.0 Å². The largest absolute Gasteiger partial charge is 0.507 e. The van der Waals surface area contributed by atoms with Crippen LogP contribution in [0.2, 0.25) is 0 Å². The quantitative estimate of drug-likeness (QED) is 0.211. The Morgan fingerprint density at radius 1 is 1.00 bits per heavy atom. The lowest BCUT2D eigenvalue weighted by Crippen LogP contribution is -2.29. The molecule has 8 nitrogen and oxygen atoms in total. The molecule has 2 heterocycles. The highest BCUT2D eigenvalue weighted by molar-refractivity contribution is 6.51. The summed E-state index contributed by atoms with van der Waals surface area (Å²) >= 11 is 0. The van der Waals surface area contributed by atoms with Crippen LogP contribution in [0.5, 0.6) is 11.5 Å². The highest BCUT2D eigenvalue weighted by atomic mass is 16.5. The molecule has 1 aliphatic heterocycles. The first kappa shape index (κ1) is 21.8. The number of amides is 1. The van der Waals surface area contributed by atoms with Crippen LogP contribution in [0, 0.1) is 0 Å². The number of benzene rings is 2. The van der Waals surface area contributed by atoms with Crippen molar-refractivity contribution in [3.63, 3.8) is 0 Å². The van der Waals surface area contributed by atoms with Crippen LogP contribution in [-0.2, 0) is 14.4 Å². The van der Waals surface area contributed by atoms with Crippen molar-refractivity contribution in [2.75, 3.05) is 12.0 Å². The Morgan fingerprint density at radius 3 is 2.39 bits per heavy atom. The van der Waals surface area contributed by atoms with E-state index in [1.165, 1.54) is 31.3 Å². The third kappa shape index (κ3) is 4.18. The van der Waals surface area contributed by atoms with Gasteiger partial charge in [-0.05, 0) is 42.0 Å². The van der Waals surface area contributed by atoms with E-state index >= 15 is 0 Å². The van der Waals surface area contributed by atoms with Crippen molar-refractivity contribution in [3.8, 4) is 11.5 Å². The van der Waals surface area contributed by atoms with Crippen molar-refractivity contribution in [1.82, 2.24) is 4.98 Å². The maximum atomic E-state index is 13.2. The van der Waals surface area contributed by atoms with Gasteiger partial charge in [-0.15, -0.1) is 0 Å². The van der Waals surface area contributed by atoms with E-state index in [1.807, 2.05) is 0 Å². The van der Waals surface area contributed by atoms with Gasteiger partial charge in [-0.25, -0.2) is 0 Å². The third-order valence-corrected chi connectivity index (χ3v) is 5.17. The molecule has 2 aromatic carbocycles. The summed E-state index contributed by atoms with van der Waals surface area (Å²) < 4.78 is 10.5. The molecule has 33 heavy (non-hydrogen) atoms. The highest BCUT2D eigenvalue weighted by Crippen LogP contribution is 2.43. The second kappa shape index (κ2) is 8.96. The predicted octanol–water partition coefficient (Wildman–Crippen LogP) is 3.64. The minimum atomic E-state index is -0.972. The van der Waals surface area contributed by atoms with Gasteiger partial charge in [0.25, 0.3) is 11.7 Å². The van der Waals surface area contributed by atoms with Crippen LogP contribution >= 0.6 is 0 Å². The second-order valence-corrected chi connectivity index (χ2v) is 7.27. The molecule has 1 amide bonds. The first-order valence-corrected chi connectivity index (χ1v) is 10.0. The number of hydrogen-bond donors (Lipinski definition) is 1. The second-order valence-electron chi connectivity index (χ2n) is 7.27. The first-order chi connectivity index (χ1) is 15.9. The third-order valence-electron chi connectivity index (χ3n) is 5.17. The summed E-state index contributed by atoms with van der Waals surface area (Å²) in [5.41, 5.74) is 1.14. The molecular formula is C25H20N2O6. The zero-order valence-corrected chi connectivity index (χ0v) is 17.9. The fourth-order valence-corrected chi connectivity index (χ4v) is 3.75. The minimum Gasteiger partial charge on any atom is -0.507 e. The number of esters is 1. The van der Waals surface area contributed by atoms with Gasteiger partial charge in [0, 0.05) is 36.6 Å². The van der Waals surface area contributed by atoms with E-state index in [2.05, 4.69) is 4.98 Å². The molecule has 0 aliphatic carbocycles. The van der Waals surface area contributed by atoms with Gasteiger partial charge >= 0.3 is 5.97 Å².